The molecule has 0 saturated heterocycles. The molecule has 0 radical (unpaired) electrons. The number of aromatic nitrogens is 1. The smallest absolute Gasteiger partial charge is 0.143 e. The maximum Gasteiger partial charge on any atom is 0.143 e. The second kappa shape index (κ2) is 4.09. The zero-order valence-corrected chi connectivity index (χ0v) is 7.50. The maximum atomic E-state index is 8.62. The van der Waals surface area contributed by atoms with E-state index >= 15 is 0 Å². The number of halogens is 1. The third kappa shape index (κ3) is 2.02. The lowest BCUT2D eigenvalue weighted by Gasteiger charge is -1.97. The lowest BCUT2D eigenvalue weighted by atomic mass is 10.1. The van der Waals surface area contributed by atoms with Crippen molar-refractivity contribution in [1.82, 2.24) is 4.98 Å². The van der Waals surface area contributed by atoms with Gasteiger partial charge in [-0.3, -0.25) is 0 Å². The van der Waals surface area contributed by atoms with Crippen LogP contribution in [0.3, 0.4) is 0 Å². The number of hydrogen-bond acceptors (Lipinski definition) is 2. The maximum absolute atomic E-state index is 8.62. The predicted octanol–water partition coefficient (Wildman–Crippen LogP) is 1.89. The van der Waals surface area contributed by atoms with E-state index in [0.29, 0.717) is 5.69 Å². The molecule has 0 spiro atoms. The van der Waals surface area contributed by atoms with Gasteiger partial charge in [0.1, 0.15) is 11.8 Å². The molecule has 3 heteroatoms. The van der Waals surface area contributed by atoms with Gasteiger partial charge in [0.25, 0.3) is 0 Å². The first-order chi connectivity index (χ1) is 5.38. The van der Waals surface area contributed by atoms with Gasteiger partial charge in [0.15, 0.2) is 0 Å². The quantitative estimate of drug-likeness (QED) is 0.700. The monoisotopic (exact) mass is 210 g/mol. The lowest BCUT2D eigenvalue weighted by Crippen LogP contribution is -1.93. The van der Waals surface area contributed by atoms with Crippen LogP contribution in [-0.4, -0.2) is 10.3 Å². The van der Waals surface area contributed by atoms with E-state index in [4.69, 9.17) is 5.26 Å². The van der Waals surface area contributed by atoms with Gasteiger partial charge < -0.3 is 0 Å². The van der Waals surface area contributed by atoms with Crippen LogP contribution in [0.25, 0.3) is 0 Å². The van der Waals surface area contributed by atoms with Gasteiger partial charge in [-0.25, -0.2) is 4.98 Å². The molecule has 0 aliphatic rings. The van der Waals surface area contributed by atoms with Crippen molar-refractivity contribution in [2.45, 2.75) is 6.42 Å². The van der Waals surface area contributed by atoms with Crippen LogP contribution >= 0.6 is 15.9 Å². The average Bonchev–Trinajstić information content (AvgIpc) is 2.06. The van der Waals surface area contributed by atoms with Crippen LogP contribution in [0.4, 0.5) is 0 Å². The van der Waals surface area contributed by atoms with Crippen LogP contribution < -0.4 is 0 Å². The Morgan fingerprint density at radius 2 is 2.45 bits per heavy atom. The molecular formula is C8H7BrN2. The van der Waals surface area contributed by atoms with Gasteiger partial charge in [-0.15, -0.1) is 0 Å². The second-order valence-electron chi connectivity index (χ2n) is 2.06. The molecule has 0 bridgehead atoms. The van der Waals surface area contributed by atoms with Crippen molar-refractivity contribution in [2.24, 2.45) is 0 Å². The third-order valence-corrected chi connectivity index (χ3v) is 1.76. The largest absolute Gasteiger partial charge is 0.245 e. The first-order valence-electron chi connectivity index (χ1n) is 3.28. The highest BCUT2D eigenvalue weighted by Crippen LogP contribution is 2.05. The number of nitrogens with zero attached hydrogens (tertiary/aromatic N) is 2. The van der Waals surface area contributed by atoms with E-state index in [1.807, 2.05) is 18.2 Å². The summed E-state index contributed by atoms with van der Waals surface area (Å²) in [6.45, 7) is 0. The molecule has 1 aromatic rings. The summed E-state index contributed by atoms with van der Waals surface area (Å²) in [5.74, 6) is 0. The normalized spacial score (nSPS) is 9.09. The van der Waals surface area contributed by atoms with Gasteiger partial charge in [-0.1, -0.05) is 22.0 Å². The molecule has 0 aromatic carbocycles. The predicted molar refractivity (Wildman–Crippen MR) is 46.5 cm³/mol. The van der Waals surface area contributed by atoms with Crippen molar-refractivity contribution in [1.29, 1.82) is 5.26 Å². The van der Waals surface area contributed by atoms with Gasteiger partial charge in [-0.2, -0.15) is 5.26 Å². The molecule has 0 atom stereocenters. The molecule has 0 fully saturated rings. The van der Waals surface area contributed by atoms with E-state index in [-0.39, 0.29) is 0 Å². The Morgan fingerprint density at radius 1 is 1.64 bits per heavy atom. The fourth-order valence-electron chi connectivity index (χ4n) is 0.843. The van der Waals surface area contributed by atoms with Gasteiger partial charge in [0, 0.05) is 11.5 Å². The van der Waals surface area contributed by atoms with Gasteiger partial charge in [0.05, 0.1) is 0 Å². The molecule has 0 unspecified atom stereocenters. The first kappa shape index (κ1) is 8.22. The SMILES string of the molecule is N#Cc1ncccc1CCBr. The average molecular weight is 211 g/mol. The molecule has 11 heavy (non-hydrogen) atoms. The highest BCUT2D eigenvalue weighted by atomic mass is 79.9. The summed E-state index contributed by atoms with van der Waals surface area (Å²) in [5, 5.41) is 9.49. The van der Waals surface area contributed by atoms with E-state index in [0.717, 1.165) is 17.3 Å². The summed E-state index contributed by atoms with van der Waals surface area (Å²) < 4.78 is 0. The number of hydrogen-bond donors (Lipinski definition) is 0. The van der Waals surface area contributed by atoms with E-state index in [1.165, 1.54) is 0 Å². The van der Waals surface area contributed by atoms with Crippen LogP contribution in [0.2, 0.25) is 0 Å². The zero-order valence-electron chi connectivity index (χ0n) is 5.92. The van der Waals surface area contributed by atoms with Crippen molar-refractivity contribution in [3.05, 3.63) is 29.6 Å². The minimum absolute atomic E-state index is 0.534. The van der Waals surface area contributed by atoms with Crippen molar-refractivity contribution in [3.8, 4) is 6.07 Å². The molecule has 1 rings (SSSR count). The molecule has 1 aromatic heterocycles. The number of pyridine rings is 1. The topological polar surface area (TPSA) is 36.7 Å². The summed E-state index contributed by atoms with van der Waals surface area (Å²) in [5.41, 5.74) is 1.54. The van der Waals surface area contributed by atoms with Crippen LogP contribution in [0.1, 0.15) is 11.3 Å². The highest BCUT2D eigenvalue weighted by Gasteiger charge is 1.99. The van der Waals surface area contributed by atoms with Gasteiger partial charge >= 0.3 is 0 Å². The summed E-state index contributed by atoms with van der Waals surface area (Å²) in [7, 11) is 0. The minimum Gasteiger partial charge on any atom is -0.245 e. The van der Waals surface area contributed by atoms with Crippen LogP contribution in [0, 0.1) is 11.3 Å². The Bertz CT molecular complexity index is 278. The first-order valence-corrected chi connectivity index (χ1v) is 4.40. The molecule has 0 aliphatic carbocycles. The molecular weight excluding hydrogens is 204 g/mol. The Labute approximate surface area is 74.0 Å². The summed E-state index contributed by atoms with van der Waals surface area (Å²) >= 11 is 3.31. The van der Waals surface area contributed by atoms with E-state index in [2.05, 4.69) is 20.9 Å². The second-order valence-corrected chi connectivity index (χ2v) is 2.85. The minimum atomic E-state index is 0.534. The standard InChI is InChI=1S/C8H7BrN2/c9-4-3-7-2-1-5-11-8(7)6-10/h1-2,5H,3-4H2. The van der Waals surface area contributed by atoms with Crippen LogP contribution in [0.15, 0.2) is 18.3 Å². The van der Waals surface area contributed by atoms with Gasteiger partial charge in [0.2, 0.25) is 0 Å². The molecule has 1 heterocycles. The number of alkyl halides is 1. The van der Waals surface area contributed by atoms with E-state index in [1.54, 1.807) is 6.20 Å². The fourth-order valence-corrected chi connectivity index (χ4v) is 1.27. The van der Waals surface area contributed by atoms with Crippen LogP contribution in [0.5, 0.6) is 0 Å². The Hall–Kier alpha value is -0.880. The number of aryl methyl sites for hydroxylation is 1. The molecule has 0 amide bonds. The molecule has 56 valence electrons. The zero-order chi connectivity index (χ0) is 8.10. The molecule has 2 nitrogen and oxygen atoms in total. The van der Waals surface area contributed by atoms with Crippen molar-refractivity contribution in [3.63, 3.8) is 0 Å². The Kier molecular flexibility index (Phi) is 3.06. The Balaban J connectivity index is 2.95. The Morgan fingerprint density at radius 3 is 3.09 bits per heavy atom. The van der Waals surface area contributed by atoms with Gasteiger partial charge in [-0.05, 0) is 18.1 Å². The van der Waals surface area contributed by atoms with Crippen molar-refractivity contribution >= 4 is 15.9 Å². The molecule has 0 saturated carbocycles. The van der Waals surface area contributed by atoms with Crippen molar-refractivity contribution < 1.29 is 0 Å². The summed E-state index contributed by atoms with van der Waals surface area (Å²) in [6, 6.07) is 5.82. The van der Waals surface area contributed by atoms with E-state index < -0.39 is 0 Å². The number of rotatable bonds is 2. The lowest BCUT2D eigenvalue weighted by molar-refractivity contribution is 1.10. The summed E-state index contributed by atoms with van der Waals surface area (Å²) in [6.07, 6.45) is 2.49. The third-order valence-electron chi connectivity index (χ3n) is 1.36. The van der Waals surface area contributed by atoms with Crippen LogP contribution in [-0.2, 0) is 6.42 Å². The summed E-state index contributed by atoms with van der Waals surface area (Å²) in [4.78, 5) is 3.93. The molecule has 0 N–H and O–H groups in total. The molecule has 0 aliphatic heterocycles. The van der Waals surface area contributed by atoms with E-state index in [9.17, 15) is 0 Å². The highest BCUT2D eigenvalue weighted by molar-refractivity contribution is 9.09. The fraction of sp³-hybridized carbons (Fsp3) is 0.250. The van der Waals surface area contributed by atoms with Crippen molar-refractivity contribution in [2.75, 3.05) is 5.33 Å². The number of nitriles is 1.